The van der Waals surface area contributed by atoms with Crippen LogP contribution in [0.25, 0.3) is 0 Å². The molecular weight excluding hydrogens is 315 g/mol. The fourth-order valence-electron chi connectivity index (χ4n) is 1.80. The fraction of sp³-hybridized carbons (Fsp3) is 0.385. The number of halogens is 1. The molecule has 1 aliphatic heterocycles. The lowest BCUT2D eigenvalue weighted by molar-refractivity contribution is 0.0913. The third kappa shape index (κ3) is 2.40. The highest BCUT2D eigenvalue weighted by Gasteiger charge is 2.19. The normalized spacial score (nSPS) is 17.6. The molecule has 0 amide bonds. The second-order valence-electron chi connectivity index (χ2n) is 3.98. The summed E-state index contributed by atoms with van der Waals surface area (Å²) in [5.74, 6) is 0.703. The Bertz CT molecular complexity index is 412. The highest BCUT2D eigenvalue weighted by Crippen LogP contribution is 2.30. The molecule has 0 fully saturated rings. The summed E-state index contributed by atoms with van der Waals surface area (Å²) >= 11 is 2.27. The first-order valence-electron chi connectivity index (χ1n) is 5.46. The van der Waals surface area contributed by atoms with Crippen molar-refractivity contribution in [2.75, 3.05) is 6.61 Å². The minimum atomic E-state index is -0.618. The largest absolute Gasteiger partial charge is 0.495 e. The van der Waals surface area contributed by atoms with Crippen molar-refractivity contribution in [2.24, 2.45) is 0 Å². The Morgan fingerprint density at radius 1 is 1.44 bits per heavy atom. The molecule has 0 spiro atoms. The highest BCUT2D eigenvalue weighted by atomic mass is 127. The molecule has 1 unspecified atom stereocenters. The van der Waals surface area contributed by atoms with Gasteiger partial charge in [-0.3, -0.25) is 0 Å². The van der Waals surface area contributed by atoms with Crippen LogP contribution in [-0.4, -0.2) is 11.7 Å². The Kier molecular flexibility index (Phi) is 3.86. The number of allylic oxidation sites excluding steroid dienone is 1. The molecule has 1 atom stereocenters. The van der Waals surface area contributed by atoms with E-state index >= 15 is 0 Å². The summed E-state index contributed by atoms with van der Waals surface area (Å²) in [6.07, 6.45) is 3.41. The van der Waals surface area contributed by atoms with Crippen LogP contribution in [0.5, 0.6) is 0 Å². The van der Waals surface area contributed by atoms with Gasteiger partial charge in [0.2, 0.25) is 0 Å². The van der Waals surface area contributed by atoms with E-state index in [9.17, 15) is 5.11 Å². The Morgan fingerprint density at radius 2 is 2.25 bits per heavy atom. The number of rotatable bonds is 2. The van der Waals surface area contributed by atoms with Crippen molar-refractivity contribution in [1.29, 1.82) is 0 Å². The van der Waals surface area contributed by atoms with Gasteiger partial charge in [-0.2, -0.15) is 0 Å². The van der Waals surface area contributed by atoms with Gasteiger partial charge >= 0.3 is 0 Å². The molecule has 0 aromatic heterocycles. The fourth-order valence-corrected chi connectivity index (χ4v) is 2.46. The number of ether oxygens (including phenoxy) is 1. The second kappa shape index (κ2) is 5.19. The van der Waals surface area contributed by atoms with Crippen molar-refractivity contribution >= 4 is 22.6 Å². The molecule has 2 rings (SSSR count). The van der Waals surface area contributed by atoms with E-state index in [-0.39, 0.29) is 0 Å². The maximum Gasteiger partial charge on any atom is 0.137 e. The maximum atomic E-state index is 10.3. The van der Waals surface area contributed by atoms with E-state index in [1.165, 1.54) is 5.56 Å². The van der Waals surface area contributed by atoms with Gasteiger partial charge in [0.25, 0.3) is 0 Å². The average molecular weight is 330 g/mol. The first-order chi connectivity index (χ1) is 7.70. The van der Waals surface area contributed by atoms with Gasteiger partial charge in [-0.05, 0) is 54.0 Å². The van der Waals surface area contributed by atoms with E-state index in [0.717, 1.165) is 22.0 Å². The molecule has 1 N–H and O–H groups in total. The maximum absolute atomic E-state index is 10.3. The Hall–Kier alpha value is -0.550. The molecule has 0 saturated heterocycles. The Morgan fingerprint density at radius 3 is 2.94 bits per heavy atom. The highest BCUT2D eigenvalue weighted by molar-refractivity contribution is 14.1. The standard InChI is InChI=1S/C13H15IO2/c1-9-5-4-6-10(12(9)14)13(15)11-7-2-3-8-16-11/h4-7,13,15H,2-3,8H2,1H3. The number of aliphatic hydroxyl groups excluding tert-OH is 1. The number of benzene rings is 1. The lowest BCUT2D eigenvalue weighted by Crippen LogP contribution is -2.11. The third-order valence-corrected chi connectivity index (χ3v) is 4.22. The molecule has 0 bridgehead atoms. The Balaban J connectivity index is 2.29. The summed E-state index contributed by atoms with van der Waals surface area (Å²) in [5, 5.41) is 10.3. The van der Waals surface area contributed by atoms with Gasteiger partial charge in [-0.15, -0.1) is 0 Å². The van der Waals surface area contributed by atoms with Crippen LogP contribution in [0.3, 0.4) is 0 Å². The summed E-state index contributed by atoms with van der Waals surface area (Å²) in [6, 6.07) is 5.98. The first kappa shape index (κ1) is 11.9. The van der Waals surface area contributed by atoms with Crippen LogP contribution in [-0.2, 0) is 4.74 Å². The predicted molar refractivity (Wildman–Crippen MR) is 72.1 cm³/mol. The lowest BCUT2D eigenvalue weighted by Gasteiger charge is -2.21. The van der Waals surface area contributed by atoms with Crippen LogP contribution in [0, 0.1) is 10.5 Å². The second-order valence-corrected chi connectivity index (χ2v) is 5.06. The van der Waals surface area contributed by atoms with Crippen LogP contribution in [0.15, 0.2) is 30.0 Å². The first-order valence-corrected chi connectivity index (χ1v) is 6.54. The van der Waals surface area contributed by atoms with Gasteiger partial charge in [0.15, 0.2) is 0 Å². The van der Waals surface area contributed by atoms with E-state index in [4.69, 9.17) is 4.74 Å². The lowest BCUT2D eigenvalue weighted by atomic mass is 10.0. The average Bonchev–Trinajstić information content (AvgIpc) is 2.33. The summed E-state index contributed by atoms with van der Waals surface area (Å²) in [7, 11) is 0. The molecule has 86 valence electrons. The van der Waals surface area contributed by atoms with Crippen LogP contribution < -0.4 is 0 Å². The molecule has 1 heterocycles. The van der Waals surface area contributed by atoms with E-state index in [1.54, 1.807) is 0 Å². The molecular formula is C13H15IO2. The van der Waals surface area contributed by atoms with E-state index in [1.807, 2.05) is 31.2 Å². The number of aryl methyl sites for hydroxylation is 1. The third-order valence-electron chi connectivity index (χ3n) is 2.75. The summed E-state index contributed by atoms with van der Waals surface area (Å²) in [6.45, 7) is 2.76. The van der Waals surface area contributed by atoms with Crippen molar-refractivity contribution in [3.05, 3.63) is 44.7 Å². The Labute approximate surface area is 109 Å². The van der Waals surface area contributed by atoms with Gasteiger partial charge in [-0.1, -0.05) is 18.2 Å². The smallest absolute Gasteiger partial charge is 0.137 e. The molecule has 1 aromatic carbocycles. The van der Waals surface area contributed by atoms with Gasteiger partial charge in [0.05, 0.1) is 6.61 Å². The molecule has 0 radical (unpaired) electrons. The summed E-state index contributed by atoms with van der Waals surface area (Å²) in [4.78, 5) is 0. The summed E-state index contributed by atoms with van der Waals surface area (Å²) < 4.78 is 6.61. The van der Waals surface area contributed by atoms with Crippen LogP contribution >= 0.6 is 22.6 Å². The van der Waals surface area contributed by atoms with Gasteiger partial charge in [0, 0.05) is 9.13 Å². The van der Waals surface area contributed by atoms with E-state index in [0.29, 0.717) is 12.4 Å². The topological polar surface area (TPSA) is 29.5 Å². The molecule has 16 heavy (non-hydrogen) atoms. The van der Waals surface area contributed by atoms with E-state index in [2.05, 4.69) is 22.6 Å². The molecule has 2 nitrogen and oxygen atoms in total. The van der Waals surface area contributed by atoms with Crippen molar-refractivity contribution in [3.63, 3.8) is 0 Å². The summed E-state index contributed by atoms with van der Waals surface area (Å²) in [5.41, 5.74) is 2.13. The number of hydrogen-bond donors (Lipinski definition) is 1. The quantitative estimate of drug-likeness (QED) is 0.843. The predicted octanol–water partition coefficient (Wildman–Crippen LogP) is 3.33. The van der Waals surface area contributed by atoms with Crippen LogP contribution in [0.4, 0.5) is 0 Å². The molecule has 3 heteroatoms. The molecule has 1 aliphatic rings. The zero-order valence-electron chi connectivity index (χ0n) is 9.24. The molecule has 0 saturated carbocycles. The zero-order chi connectivity index (χ0) is 11.5. The number of aliphatic hydroxyl groups is 1. The molecule has 0 aliphatic carbocycles. The minimum Gasteiger partial charge on any atom is -0.495 e. The van der Waals surface area contributed by atoms with Gasteiger partial charge in [0.1, 0.15) is 11.9 Å². The zero-order valence-corrected chi connectivity index (χ0v) is 11.4. The van der Waals surface area contributed by atoms with Crippen LogP contribution in [0.1, 0.15) is 30.1 Å². The van der Waals surface area contributed by atoms with E-state index < -0.39 is 6.10 Å². The van der Waals surface area contributed by atoms with Crippen molar-refractivity contribution in [3.8, 4) is 0 Å². The SMILES string of the molecule is Cc1cccc(C(O)C2=CCCCO2)c1I. The van der Waals surface area contributed by atoms with Crippen molar-refractivity contribution < 1.29 is 9.84 Å². The van der Waals surface area contributed by atoms with Gasteiger partial charge < -0.3 is 9.84 Å². The minimum absolute atomic E-state index is 0.618. The molecule has 1 aromatic rings. The monoisotopic (exact) mass is 330 g/mol. The van der Waals surface area contributed by atoms with Crippen molar-refractivity contribution in [1.82, 2.24) is 0 Å². The van der Waals surface area contributed by atoms with Crippen molar-refractivity contribution in [2.45, 2.75) is 25.9 Å². The van der Waals surface area contributed by atoms with Gasteiger partial charge in [-0.25, -0.2) is 0 Å². The number of hydrogen-bond acceptors (Lipinski definition) is 2. The van der Waals surface area contributed by atoms with Crippen LogP contribution in [0.2, 0.25) is 0 Å².